The molecule has 0 unspecified atom stereocenters. The van der Waals surface area contributed by atoms with E-state index in [-0.39, 0.29) is 62.4 Å². The number of aliphatic hydroxyl groups excluding tert-OH is 1. The summed E-state index contributed by atoms with van der Waals surface area (Å²) < 4.78 is 23.2. The van der Waals surface area contributed by atoms with E-state index >= 15 is 0 Å². The van der Waals surface area contributed by atoms with Crippen LogP contribution in [-0.2, 0) is 38.6 Å². The van der Waals surface area contributed by atoms with Gasteiger partial charge in [-0.2, -0.15) is 0 Å². The Labute approximate surface area is 203 Å². The van der Waals surface area contributed by atoms with Crippen molar-refractivity contribution >= 4 is 22.8 Å². The fourth-order valence-corrected chi connectivity index (χ4v) is 4.83. The number of hydrogen-bond donors (Lipinski definition) is 3. The molecule has 1 aromatic carbocycles. The Morgan fingerprint density at radius 2 is 2.00 bits per heavy atom. The molecule has 3 aliphatic rings. The number of ether oxygens (including phenoxy) is 4. The van der Waals surface area contributed by atoms with Crippen LogP contribution in [0, 0.1) is 0 Å². The molecule has 36 heavy (non-hydrogen) atoms. The molecule has 1 atom stereocenters. The first-order valence-corrected chi connectivity index (χ1v) is 11.4. The molecule has 3 aliphatic heterocycles. The maximum absolute atomic E-state index is 13.3. The van der Waals surface area contributed by atoms with Crippen LogP contribution in [0.2, 0.25) is 0 Å². The lowest BCUT2D eigenvalue weighted by Gasteiger charge is -2.21. The number of nitrogens with zero attached hydrogens (tertiary/aromatic N) is 2. The summed E-state index contributed by atoms with van der Waals surface area (Å²) in [6.07, 6.45) is -1.06. The van der Waals surface area contributed by atoms with E-state index < -0.39 is 12.1 Å². The Bertz CT molecular complexity index is 1500. The molecule has 0 bridgehead atoms. The molecule has 12 heteroatoms. The third-order valence-electron chi connectivity index (χ3n) is 6.62. The molecule has 0 spiro atoms. The van der Waals surface area contributed by atoms with Crippen LogP contribution in [0.25, 0.3) is 22.3 Å². The number of carbonyl (C=O) groups is 2. The second-order valence-electron chi connectivity index (χ2n) is 8.61. The number of hydrogen-bond acceptors (Lipinski definition) is 10. The van der Waals surface area contributed by atoms with Crippen LogP contribution in [0.4, 0.5) is 0 Å². The van der Waals surface area contributed by atoms with E-state index in [9.17, 15) is 19.5 Å². The van der Waals surface area contributed by atoms with Gasteiger partial charge in [-0.15, -0.1) is 0 Å². The van der Waals surface area contributed by atoms with Gasteiger partial charge in [0.05, 0.1) is 42.2 Å². The second kappa shape index (κ2) is 8.59. The van der Waals surface area contributed by atoms with Gasteiger partial charge in [-0.1, -0.05) is 0 Å². The fourth-order valence-electron chi connectivity index (χ4n) is 4.83. The molecule has 1 amide bonds. The number of esters is 1. The Balaban J connectivity index is 1.44. The van der Waals surface area contributed by atoms with Crippen LogP contribution in [0.1, 0.15) is 28.4 Å². The molecule has 0 aliphatic carbocycles. The molecule has 0 saturated carbocycles. The third-order valence-corrected chi connectivity index (χ3v) is 6.62. The van der Waals surface area contributed by atoms with Crippen molar-refractivity contribution in [2.45, 2.75) is 25.7 Å². The van der Waals surface area contributed by atoms with Crippen LogP contribution < -0.4 is 26.1 Å². The van der Waals surface area contributed by atoms with Crippen LogP contribution in [0.15, 0.2) is 23.0 Å². The highest BCUT2D eigenvalue weighted by molar-refractivity contribution is 5.91. The van der Waals surface area contributed by atoms with E-state index in [2.05, 4.69) is 5.32 Å². The molecule has 186 valence electrons. The summed E-state index contributed by atoms with van der Waals surface area (Å²) in [6.45, 7) is 0.369. The maximum atomic E-state index is 13.3. The number of aromatic nitrogens is 2. The minimum atomic E-state index is -1.53. The van der Waals surface area contributed by atoms with Crippen molar-refractivity contribution in [3.63, 3.8) is 0 Å². The van der Waals surface area contributed by atoms with Gasteiger partial charge < -0.3 is 39.7 Å². The van der Waals surface area contributed by atoms with Gasteiger partial charge in [0.25, 0.3) is 5.56 Å². The molecular formula is C24H22N4O8. The number of amides is 1. The highest BCUT2D eigenvalue weighted by Crippen LogP contribution is 2.42. The van der Waals surface area contributed by atoms with E-state index in [1.807, 2.05) is 6.07 Å². The normalized spacial score (nSPS) is 16.9. The summed E-state index contributed by atoms with van der Waals surface area (Å²) in [5.74, 6) is 0.0643. The maximum Gasteiger partial charge on any atom is 0.340 e. The summed E-state index contributed by atoms with van der Waals surface area (Å²) in [5.41, 5.74) is 8.93. The number of cyclic esters (lactones) is 1. The van der Waals surface area contributed by atoms with Gasteiger partial charge in [-0.05, 0) is 24.1 Å². The van der Waals surface area contributed by atoms with Gasteiger partial charge in [0.2, 0.25) is 12.7 Å². The van der Waals surface area contributed by atoms with Crippen molar-refractivity contribution in [3.8, 4) is 22.9 Å². The minimum Gasteiger partial charge on any atom is -0.458 e. The van der Waals surface area contributed by atoms with Crippen molar-refractivity contribution in [1.82, 2.24) is 14.9 Å². The molecule has 3 aromatic rings. The zero-order chi connectivity index (χ0) is 25.0. The predicted molar refractivity (Wildman–Crippen MR) is 123 cm³/mol. The van der Waals surface area contributed by atoms with Gasteiger partial charge in [0.1, 0.15) is 13.3 Å². The Morgan fingerprint density at radius 1 is 1.19 bits per heavy atom. The molecule has 4 N–H and O–H groups in total. The average molecular weight is 494 g/mol. The quantitative estimate of drug-likeness (QED) is 0.186. The minimum absolute atomic E-state index is 0.0198. The van der Waals surface area contributed by atoms with E-state index in [1.54, 1.807) is 16.7 Å². The van der Waals surface area contributed by atoms with Crippen molar-refractivity contribution in [1.29, 1.82) is 0 Å². The van der Waals surface area contributed by atoms with E-state index in [1.165, 1.54) is 0 Å². The average Bonchev–Trinajstić information content (AvgIpc) is 3.49. The summed E-state index contributed by atoms with van der Waals surface area (Å²) in [5, 5.41) is 13.8. The number of nitrogens with one attached hydrogen (secondary N) is 1. The predicted octanol–water partition coefficient (Wildman–Crippen LogP) is -0.164. The second-order valence-corrected chi connectivity index (χ2v) is 8.61. The standard InChI is InChI=1S/C24H22N4O8/c25-6-20(29)26-9-33-2-1-11-12-4-18-19(36-10-35-18)5-16(12)27-21-14(11)7-28-17(21)3-13-15(23(28)31)8-34-24(32)22(13)30/h3-5,22,30H,1-2,6-10,25H2,(H,26,29)/t22-/m0/s1. The van der Waals surface area contributed by atoms with Crippen LogP contribution in [0.5, 0.6) is 11.5 Å². The van der Waals surface area contributed by atoms with Crippen molar-refractivity contribution < 1.29 is 33.6 Å². The monoisotopic (exact) mass is 494 g/mol. The number of pyridine rings is 2. The highest BCUT2D eigenvalue weighted by Gasteiger charge is 2.35. The first-order chi connectivity index (χ1) is 17.5. The topological polar surface area (TPSA) is 164 Å². The highest BCUT2D eigenvalue weighted by atomic mass is 16.7. The van der Waals surface area contributed by atoms with E-state index in [4.69, 9.17) is 29.7 Å². The molecule has 0 saturated heterocycles. The van der Waals surface area contributed by atoms with E-state index in [0.29, 0.717) is 34.8 Å². The zero-order valence-electron chi connectivity index (χ0n) is 19.0. The molecule has 0 fully saturated rings. The molecule has 6 rings (SSSR count). The lowest BCUT2D eigenvalue weighted by Crippen LogP contribution is -2.32. The Morgan fingerprint density at radius 3 is 2.81 bits per heavy atom. The van der Waals surface area contributed by atoms with Crippen molar-refractivity contribution in [2.75, 3.05) is 26.7 Å². The number of fused-ring (bicyclic) bond motifs is 6. The molecule has 12 nitrogen and oxygen atoms in total. The molecular weight excluding hydrogens is 472 g/mol. The van der Waals surface area contributed by atoms with E-state index in [0.717, 1.165) is 16.5 Å². The molecule has 0 radical (unpaired) electrons. The van der Waals surface area contributed by atoms with Gasteiger partial charge in [0.15, 0.2) is 17.6 Å². The molecule has 5 heterocycles. The third kappa shape index (κ3) is 3.49. The lowest BCUT2D eigenvalue weighted by atomic mass is 9.97. The smallest absolute Gasteiger partial charge is 0.340 e. The number of carbonyl (C=O) groups excluding carboxylic acids is 2. The zero-order valence-corrected chi connectivity index (χ0v) is 19.0. The first kappa shape index (κ1) is 22.5. The summed E-state index contributed by atoms with van der Waals surface area (Å²) >= 11 is 0. The Hall–Kier alpha value is -4.00. The van der Waals surface area contributed by atoms with Gasteiger partial charge >= 0.3 is 5.97 Å². The van der Waals surface area contributed by atoms with Crippen molar-refractivity contribution in [2.24, 2.45) is 5.73 Å². The number of rotatable bonds is 6. The number of benzene rings is 1. The van der Waals surface area contributed by atoms with Gasteiger partial charge in [-0.25, -0.2) is 9.78 Å². The first-order valence-electron chi connectivity index (χ1n) is 11.4. The van der Waals surface area contributed by atoms with Crippen molar-refractivity contribution in [3.05, 3.63) is 50.8 Å². The lowest BCUT2D eigenvalue weighted by molar-refractivity contribution is -0.157. The number of nitrogens with two attached hydrogens (primary N) is 1. The summed E-state index contributed by atoms with van der Waals surface area (Å²) in [4.78, 5) is 41.4. The SMILES string of the molecule is NCC(=O)NCOCCc1c2c(nc3cc4c(cc13)OCO4)-c1cc3c(c(=O)n1C2)COC(=O)[C@H]3O. The van der Waals surface area contributed by atoms with Gasteiger partial charge in [0, 0.05) is 22.6 Å². The molecule has 2 aromatic heterocycles. The van der Waals surface area contributed by atoms with Gasteiger partial charge in [-0.3, -0.25) is 9.59 Å². The largest absolute Gasteiger partial charge is 0.458 e. The summed E-state index contributed by atoms with van der Waals surface area (Å²) in [7, 11) is 0. The fraction of sp³-hybridized carbons (Fsp3) is 0.333. The van der Waals surface area contributed by atoms with Crippen LogP contribution in [0.3, 0.4) is 0 Å². The van der Waals surface area contributed by atoms with Crippen LogP contribution >= 0.6 is 0 Å². The van der Waals surface area contributed by atoms with Crippen LogP contribution in [-0.4, -0.2) is 53.2 Å². The Kier molecular flexibility index (Phi) is 5.36. The number of aliphatic hydroxyl groups is 1. The summed E-state index contributed by atoms with van der Waals surface area (Å²) in [6, 6.07) is 5.29.